The maximum absolute atomic E-state index is 12.3. The second-order valence-electron chi connectivity index (χ2n) is 5.73. The Labute approximate surface area is 132 Å². The lowest BCUT2D eigenvalue weighted by Gasteiger charge is -2.27. The van der Waals surface area contributed by atoms with Crippen molar-refractivity contribution in [2.24, 2.45) is 5.73 Å². The highest BCUT2D eigenvalue weighted by Gasteiger charge is 2.49. The summed E-state index contributed by atoms with van der Waals surface area (Å²) >= 11 is 0. The fourth-order valence-corrected chi connectivity index (χ4v) is 3.24. The van der Waals surface area contributed by atoms with Crippen LogP contribution in [0.25, 0.3) is 0 Å². The summed E-state index contributed by atoms with van der Waals surface area (Å²) in [6.45, 7) is 2.06. The average Bonchev–Trinajstić information content (AvgIpc) is 2.97. The molecule has 3 atom stereocenters. The van der Waals surface area contributed by atoms with Gasteiger partial charge in [0.25, 0.3) is 0 Å². The van der Waals surface area contributed by atoms with Gasteiger partial charge in [-0.05, 0) is 19.8 Å². The Bertz CT molecular complexity index is 704. The Morgan fingerprint density at radius 2 is 2.22 bits per heavy atom. The fraction of sp³-hybridized carbons (Fsp3) is 0.727. The Balaban J connectivity index is 1.77. The molecule has 0 aromatic carbocycles. The van der Waals surface area contributed by atoms with E-state index >= 15 is 0 Å². The molecule has 2 aliphatic heterocycles. The van der Waals surface area contributed by atoms with E-state index in [1.54, 1.807) is 0 Å². The molecule has 0 spiro atoms. The third-order valence-corrected chi connectivity index (χ3v) is 4.11. The Morgan fingerprint density at radius 3 is 2.87 bits per heavy atom. The lowest BCUT2D eigenvalue weighted by molar-refractivity contribution is -0.0317. The zero-order valence-corrected chi connectivity index (χ0v) is 13.1. The van der Waals surface area contributed by atoms with Crippen molar-refractivity contribution in [1.29, 1.82) is 0 Å². The molecule has 1 unspecified atom stereocenters. The van der Waals surface area contributed by atoms with Crippen molar-refractivity contribution >= 4 is 16.4 Å². The van der Waals surface area contributed by atoms with Crippen LogP contribution < -0.4 is 5.73 Å². The van der Waals surface area contributed by atoms with E-state index in [-0.39, 0.29) is 18.5 Å². The van der Waals surface area contributed by atoms with E-state index in [1.165, 1.54) is 4.90 Å². The second-order valence-corrected chi connectivity index (χ2v) is 6.73. The second kappa shape index (κ2) is 5.70. The topological polar surface area (TPSA) is 152 Å². The van der Waals surface area contributed by atoms with Gasteiger partial charge in [-0.1, -0.05) is 0 Å². The van der Waals surface area contributed by atoms with Crippen LogP contribution >= 0.6 is 0 Å². The Kier molecular flexibility index (Phi) is 4.00. The van der Waals surface area contributed by atoms with E-state index in [0.717, 1.165) is 0 Å². The van der Waals surface area contributed by atoms with Gasteiger partial charge >= 0.3 is 16.4 Å². The molecule has 2 aliphatic rings. The lowest BCUT2D eigenvalue weighted by atomic mass is 10.0. The van der Waals surface area contributed by atoms with Crippen molar-refractivity contribution in [3.05, 3.63) is 11.8 Å². The minimum Gasteiger partial charge on any atom is -0.423 e. The number of nitrogens with zero attached hydrogens (tertiary/aromatic N) is 4. The number of aromatic nitrogens is 2. The van der Waals surface area contributed by atoms with Gasteiger partial charge in [-0.2, -0.15) is 13.5 Å². The molecule has 1 aromatic heterocycles. The highest BCUT2D eigenvalue weighted by atomic mass is 32.3. The van der Waals surface area contributed by atoms with E-state index in [4.69, 9.17) is 14.7 Å². The minimum atomic E-state index is -4.76. The quantitative estimate of drug-likeness (QED) is 0.679. The predicted molar refractivity (Wildman–Crippen MR) is 74.0 cm³/mol. The van der Waals surface area contributed by atoms with Gasteiger partial charge in [-0.25, -0.2) is 4.79 Å². The van der Waals surface area contributed by atoms with Crippen molar-refractivity contribution < 1.29 is 26.5 Å². The molecule has 23 heavy (non-hydrogen) atoms. The van der Waals surface area contributed by atoms with Crippen LogP contribution in [0.2, 0.25) is 0 Å². The first-order chi connectivity index (χ1) is 10.7. The number of carbonyl (C=O) groups excluding carboxylic acids is 1. The Hall–Kier alpha value is -1.76. The summed E-state index contributed by atoms with van der Waals surface area (Å²) in [5.74, 6) is 0.663. The van der Waals surface area contributed by atoms with Crippen molar-refractivity contribution in [3.8, 4) is 0 Å². The monoisotopic (exact) mass is 347 g/mol. The van der Waals surface area contributed by atoms with Gasteiger partial charge in [0.15, 0.2) is 0 Å². The first-order valence-corrected chi connectivity index (χ1v) is 8.46. The first-order valence-electron chi connectivity index (χ1n) is 7.09. The molecular formula is C11H17N5O6S. The van der Waals surface area contributed by atoms with Crippen LogP contribution in [-0.2, 0) is 21.1 Å². The minimum absolute atomic E-state index is 0.133. The molecule has 0 radical (unpaired) electrons. The van der Waals surface area contributed by atoms with E-state index in [2.05, 4.69) is 14.5 Å². The summed E-state index contributed by atoms with van der Waals surface area (Å²) in [5, 5.41) is 8.53. The maximum atomic E-state index is 12.3. The van der Waals surface area contributed by atoms with Crippen LogP contribution in [0.5, 0.6) is 0 Å². The van der Waals surface area contributed by atoms with Crippen LogP contribution in [0.1, 0.15) is 37.6 Å². The lowest BCUT2D eigenvalue weighted by Crippen LogP contribution is -2.35. The van der Waals surface area contributed by atoms with Crippen LogP contribution in [0.4, 0.5) is 4.79 Å². The number of hydroxylamine groups is 2. The largest absolute Gasteiger partial charge is 0.423 e. The zero-order valence-electron chi connectivity index (χ0n) is 12.3. The smallest absolute Gasteiger partial charge is 0.418 e. The Morgan fingerprint density at radius 1 is 1.48 bits per heavy atom. The van der Waals surface area contributed by atoms with E-state index in [0.29, 0.717) is 30.2 Å². The number of fused-ring (bicyclic) bond motifs is 2. The van der Waals surface area contributed by atoms with Gasteiger partial charge in [0.05, 0.1) is 6.04 Å². The number of hydrogen-bond donors (Lipinski definition) is 2. The van der Waals surface area contributed by atoms with Gasteiger partial charge in [-0.15, -0.1) is 14.5 Å². The van der Waals surface area contributed by atoms with E-state index < -0.39 is 28.5 Å². The molecule has 11 nitrogen and oxygen atoms in total. The third kappa shape index (κ3) is 3.29. The number of piperidine rings is 1. The molecule has 2 saturated heterocycles. The van der Waals surface area contributed by atoms with Gasteiger partial charge in [0, 0.05) is 19.0 Å². The van der Waals surface area contributed by atoms with E-state index in [9.17, 15) is 13.2 Å². The SMILES string of the molecule is CC(N)Cc1nnc([C@@H]2CC[C@@H]3CN2C(=O)N3OS(=O)(=O)O)o1. The van der Waals surface area contributed by atoms with Crippen molar-refractivity contribution in [2.75, 3.05) is 6.54 Å². The first kappa shape index (κ1) is 16.1. The third-order valence-electron chi connectivity index (χ3n) is 3.76. The highest BCUT2D eigenvalue weighted by molar-refractivity contribution is 7.80. The molecule has 0 saturated carbocycles. The highest BCUT2D eigenvalue weighted by Crippen LogP contribution is 2.38. The fourth-order valence-electron chi connectivity index (χ4n) is 2.85. The molecule has 0 aliphatic carbocycles. The molecule has 3 N–H and O–H groups in total. The number of urea groups is 1. The van der Waals surface area contributed by atoms with Crippen LogP contribution in [-0.4, -0.2) is 57.8 Å². The summed E-state index contributed by atoms with van der Waals surface area (Å²) in [6.07, 6.45) is 1.42. The summed E-state index contributed by atoms with van der Waals surface area (Å²) in [4.78, 5) is 13.7. The molecule has 3 heterocycles. The number of hydrogen-bond acceptors (Lipinski definition) is 8. The zero-order chi connectivity index (χ0) is 16.8. The molecule has 2 amide bonds. The molecule has 1 aromatic rings. The number of nitrogens with two attached hydrogens (primary N) is 1. The summed E-state index contributed by atoms with van der Waals surface area (Å²) < 4.78 is 40.4. The molecule has 2 bridgehead atoms. The molecule has 2 fully saturated rings. The molecule has 12 heteroatoms. The van der Waals surface area contributed by atoms with Gasteiger partial charge in [0.2, 0.25) is 11.8 Å². The van der Waals surface area contributed by atoms with Crippen LogP contribution in [0, 0.1) is 0 Å². The number of amides is 2. The molecular weight excluding hydrogens is 330 g/mol. The predicted octanol–water partition coefficient (Wildman–Crippen LogP) is -0.365. The summed E-state index contributed by atoms with van der Waals surface area (Å²) in [6, 6.07) is -1.71. The number of rotatable bonds is 5. The molecule has 3 rings (SSSR count). The van der Waals surface area contributed by atoms with Crippen molar-refractivity contribution in [3.63, 3.8) is 0 Å². The van der Waals surface area contributed by atoms with Crippen molar-refractivity contribution in [2.45, 2.75) is 44.3 Å². The maximum Gasteiger partial charge on any atom is 0.418 e. The van der Waals surface area contributed by atoms with E-state index in [1.807, 2.05) is 6.92 Å². The van der Waals surface area contributed by atoms with Gasteiger partial charge < -0.3 is 15.1 Å². The normalized spacial score (nSPS) is 26.0. The van der Waals surface area contributed by atoms with Crippen LogP contribution in [0.3, 0.4) is 0 Å². The number of carbonyl (C=O) groups is 1. The average molecular weight is 347 g/mol. The van der Waals surface area contributed by atoms with Gasteiger partial charge in [-0.3, -0.25) is 4.55 Å². The van der Waals surface area contributed by atoms with Crippen molar-refractivity contribution in [1.82, 2.24) is 20.2 Å². The summed E-state index contributed by atoms with van der Waals surface area (Å²) in [7, 11) is -4.76. The molecule has 128 valence electrons. The van der Waals surface area contributed by atoms with Gasteiger partial charge in [0.1, 0.15) is 6.04 Å². The van der Waals surface area contributed by atoms with Crippen LogP contribution in [0.15, 0.2) is 4.42 Å². The standard InChI is InChI=1S/C11H17N5O6S/c1-6(12)4-9-13-14-10(21-9)8-3-2-7-5-15(8)11(17)16(7)22-23(18,19)20/h6-8H,2-5,12H2,1H3,(H,18,19,20)/t6?,7-,8+/m1/s1. The summed E-state index contributed by atoms with van der Waals surface area (Å²) in [5.41, 5.74) is 5.68.